The number of carbonyl (C=O) groups is 1. The highest BCUT2D eigenvalue weighted by Crippen LogP contribution is 2.31. The summed E-state index contributed by atoms with van der Waals surface area (Å²) in [7, 11) is -2.43. The molecule has 0 radical (unpaired) electrons. The number of sulfonamides is 1. The van der Waals surface area contributed by atoms with E-state index in [1.165, 1.54) is 19.2 Å². The number of ether oxygens (including phenoxy) is 1. The second kappa shape index (κ2) is 8.34. The van der Waals surface area contributed by atoms with Crippen molar-refractivity contribution in [3.8, 4) is 5.75 Å². The van der Waals surface area contributed by atoms with Gasteiger partial charge >= 0.3 is 0 Å². The van der Waals surface area contributed by atoms with Gasteiger partial charge in [-0.25, -0.2) is 13.1 Å². The maximum absolute atomic E-state index is 12.8. The van der Waals surface area contributed by atoms with E-state index in [1.807, 2.05) is 0 Å². The molecule has 1 aliphatic heterocycles. The van der Waals surface area contributed by atoms with Gasteiger partial charge < -0.3 is 15.4 Å². The summed E-state index contributed by atoms with van der Waals surface area (Å²) in [6.45, 7) is 9.00. The number of nitrogens with one attached hydrogen (secondary N) is 1. The van der Waals surface area contributed by atoms with Crippen molar-refractivity contribution in [2.75, 3.05) is 26.7 Å². The molecule has 0 spiro atoms. The molecule has 1 fully saturated rings. The number of methoxy groups -OCH3 is 1. The first-order valence-electron chi connectivity index (χ1n) is 8.62. The number of nitrogens with zero attached hydrogens (tertiary/aromatic N) is 1. The highest BCUT2D eigenvalue weighted by Gasteiger charge is 2.35. The Hall–Kier alpha value is -1.35. The fourth-order valence-corrected chi connectivity index (χ4v) is 4.64. The van der Waals surface area contributed by atoms with Crippen LogP contribution in [0.2, 0.25) is 0 Å². The van der Waals surface area contributed by atoms with Crippen molar-refractivity contribution in [3.05, 3.63) is 23.8 Å². The lowest BCUT2D eigenvalue weighted by molar-refractivity contribution is 0.0776. The van der Waals surface area contributed by atoms with Crippen LogP contribution >= 0.6 is 12.4 Å². The number of hydrogen-bond donors (Lipinski definition) is 2. The van der Waals surface area contributed by atoms with E-state index in [-0.39, 0.29) is 34.4 Å². The van der Waals surface area contributed by atoms with E-state index in [4.69, 9.17) is 10.5 Å². The maximum Gasteiger partial charge on any atom is 0.253 e. The molecular formula is C18H30ClN3O4S. The lowest BCUT2D eigenvalue weighted by Gasteiger charge is -2.23. The van der Waals surface area contributed by atoms with Crippen LogP contribution in [0.5, 0.6) is 5.75 Å². The van der Waals surface area contributed by atoms with Crippen LogP contribution in [0.1, 0.15) is 44.5 Å². The molecule has 1 saturated heterocycles. The van der Waals surface area contributed by atoms with Gasteiger partial charge in [0.05, 0.1) is 7.11 Å². The van der Waals surface area contributed by atoms with Crippen LogP contribution in [0, 0.1) is 5.41 Å². The molecule has 1 aromatic rings. The van der Waals surface area contributed by atoms with Crippen LogP contribution in [0.4, 0.5) is 0 Å². The summed E-state index contributed by atoms with van der Waals surface area (Å²) in [4.78, 5) is 14.5. The maximum atomic E-state index is 12.8. The van der Waals surface area contributed by atoms with Gasteiger partial charge in [-0.2, -0.15) is 0 Å². The van der Waals surface area contributed by atoms with Crippen molar-refractivity contribution in [2.45, 2.75) is 44.6 Å². The standard InChI is InChI=1S/C18H29N3O4S.ClH/c1-17(2,3)20-26(23,24)15-10-13(6-7-14(15)25-5)16(22)21-9-8-18(4,11-19)12-21;/h6-7,10,20H,8-9,11-12,19H2,1-5H3;1H. The molecule has 0 saturated carbocycles. The van der Waals surface area contributed by atoms with Gasteiger partial charge in [-0.1, -0.05) is 6.92 Å². The molecule has 0 aliphatic carbocycles. The zero-order chi connectivity index (χ0) is 19.8. The molecule has 1 aromatic carbocycles. The Bertz CT molecular complexity index is 792. The molecule has 1 amide bonds. The van der Waals surface area contributed by atoms with Gasteiger partial charge in [0.25, 0.3) is 5.91 Å². The number of hydrogen-bond acceptors (Lipinski definition) is 5. The SMILES string of the molecule is COc1ccc(C(=O)N2CCC(C)(CN)C2)cc1S(=O)(=O)NC(C)(C)C.Cl. The van der Waals surface area contributed by atoms with Gasteiger partial charge in [-0.3, -0.25) is 4.79 Å². The van der Waals surface area contributed by atoms with Crippen LogP contribution in [-0.4, -0.2) is 51.5 Å². The molecule has 27 heavy (non-hydrogen) atoms. The molecule has 1 heterocycles. The number of rotatable bonds is 5. The third-order valence-corrected chi connectivity index (χ3v) is 6.26. The number of amides is 1. The van der Waals surface area contributed by atoms with Gasteiger partial charge in [-0.05, 0) is 57.4 Å². The van der Waals surface area contributed by atoms with Crippen molar-refractivity contribution < 1.29 is 17.9 Å². The minimum Gasteiger partial charge on any atom is -0.495 e. The van der Waals surface area contributed by atoms with Crippen molar-refractivity contribution in [1.29, 1.82) is 0 Å². The summed E-state index contributed by atoms with van der Waals surface area (Å²) in [5.41, 5.74) is 5.38. The van der Waals surface area contributed by atoms with Crippen LogP contribution in [-0.2, 0) is 10.0 Å². The molecular weight excluding hydrogens is 390 g/mol. The van der Waals surface area contributed by atoms with E-state index < -0.39 is 15.6 Å². The smallest absolute Gasteiger partial charge is 0.253 e. The predicted octanol–water partition coefficient (Wildman–Crippen LogP) is 2.00. The highest BCUT2D eigenvalue weighted by atomic mass is 35.5. The van der Waals surface area contributed by atoms with Crippen LogP contribution < -0.4 is 15.2 Å². The van der Waals surface area contributed by atoms with E-state index in [1.54, 1.807) is 31.7 Å². The Labute approximate surface area is 168 Å². The van der Waals surface area contributed by atoms with E-state index in [9.17, 15) is 13.2 Å². The summed E-state index contributed by atoms with van der Waals surface area (Å²) in [6, 6.07) is 4.49. The third-order valence-electron chi connectivity index (χ3n) is 4.48. The number of carbonyl (C=O) groups excluding carboxylic acids is 1. The van der Waals surface area contributed by atoms with Gasteiger partial charge in [-0.15, -0.1) is 12.4 Å². The Morgan fingerprint density at radius 2 is 2.00 bits per heavy atom. The largest absolute Gasteiger partial charge is 0.495 e. The number of nitrogens with two attached hydrogens (primary N) is 1. The quantitative estimate of drug-likeness (QED) is 0.760. The van der Waals surface area contributed by atoms with Gasteiger partial charge in [0.1, 0.15) is 10.6 Å². The number of likely N-dealkylation sites (tertiary alicyclic amines) is 1. The zero-order valence-electron chi connectivity index (χ0n) is 16.5. The van der Waals surface area contributed by atoms with Crippen LogP contribution in [0.15, 0.2) is 23.1 Å². The molecule has 1 unspecified atom stereocenters. The second-order valence-corrected chi connectivity index (χ2v) is 9.86. The van der Waals surface area contributed by atoms with Gasteiger partial charge in [0.15, 0.2) is 0 Å². The predicted molar refractivity (Wildman–Crippen MR) is 108 cm³/mol. The minimum absolute atomic E-state index is 0. The van der Waals surface area contributed by atoms with Crippen molar-refractivity contribution in [1.82, 2.24) is 9.62 Å². The molecule has 154 valence electrons. The van der Waals surface area contributed by atoms with Crippen molar-refractivity contribution >= 4 is 28.3 Å². The van der Waals surface area contributed by atoms with E-state index >= 15 is 0 Å². The summed E-state index contributed by atoms with van der Waals surface area (Å²) < 4.78 is 33.3. The highest BCUT2D eigenvalue weighted by molar-refractivity contribution is 7.89. The molecule has 2 rings (SSSR count). The van der Waals surface area contributed by atoms with Crippen molar-refractivity contribution in [2.24, 2.45) is 11.1 Å². The topological polar surface area (TPSA) is 102 Å². The van der Waals surface area contributed by atoms with E-state index in [2.05, 4.69) is 11.6 Å². The average molecular weight is 420 g/mol. The Balaban J connectivity index is 0.00000364. The van der Waals surface area contributed by atoms with Crippen LogP contribution in [0.25, 0.3) is 0 Å². The fraction of sp³-hybridized carbons (Fsp3) is 0.611. The second-order valence-electron chi connectivity index (χ2n) is 8.21. The zero-order valence-corrected chi connectivity index (χ0v) is 18.2. The molecule has 7 nitrogen and oxygen atoms in total. The Kier molecular flexibility index (Phi) is 7.32. The Morgan fingerprint density at radius 3 is 2.48 bits per heavy atom. The molecule has 1 atom stereocenters. The minimum atomic E-state index is -3.83. The third kappa shape index (κ3) is 5.57. The molecule has 0 aromatic heterocycles. The molecule has 9 heteroatoms. The van der Waals surface area contributed by atoms with Crippen LogP contribution in [0.3, 0.4) is 0 Å². The number of benzene rings is 1. The molecule has 1 aliphatic rings. The number of halogens is 1. The average Bonchev–Trinajstić information content (AvgIpc) is 2.94. The monoisotopic (exact) mass is 419 g/mol. The lowest BCUT2D eigenvalue weighted by Crippen LogP contribution is -2.40. The first-order valence-corrected chi connectivity index (χ1v) is 10.1. The van der Waals surface area contributed by atoms with E-state index in [0.29, 0.717) is 25.2 Å². The first kappa shape index (κ1) is 23.7. The Morgan fingerprint density at radius 1 is 1.37 bits per heavy atom. The summed E-state index contributed by atoms with van der Waals surface area (Å²) in [5, 5.41) is 0. The van der Waals surface area contributed by atoms with Crippen molar-refractivity contribution in [3.63, 3.8) is 0 Å². The molecule has 3 N–H and O–H groups in total. The normalized spacial score (nSPS) is 20.3. The summed E-state index contributed by atoms with van der Waals surface area (Å²) in [5.74, 6) is 0.00329. The molecule has 0 bridgehead atoms. The van der Waals surface area contributed by atoms with Gasteiger partial charge in [0.2, 0.25) is 10.0 Å². The summed E-state index contributed by atoms with van der Waals surface area (Å²) >= 11 is 0. The van der Waals surface area contributed by atoms with Gasteiger partial charge in [0, 0.05) is 24.2 Å². The van der Waals surface area contributed by atoms with E-state index in [0.717, 1.165) is 6.42 Å². The lowest BCUT2D eigenvalue weighted by atomic mass is 9.90. The first-order chi connectivity index (χ1) is 11.9. The summed E-state index contributed by atoms with van der Waals surface area (Å²) in [6.07, 6.45) is 0.835. The fourth-order valence-electron chi connectivity index (χ4n) is 3.02.